The van der Waals surface area contributed by atoms with Crippen LogP contribution in [0.4, 0.5) is 0 Å². The van der Waals surface area contributed by atoms with Gasteiger partial charge in [-0.3, -0.25) is 0 Å². The molecule has 2 aliphatic heterocycles. The van der Waals surface area contributed by atoms with E-state index in [9.17, 15) is 0 Å². The average Bonchev–Trinajstić information content (AvgIpc) is 2.53. The summed E-state index contributed by atoms with van der Waals surface area (Å²) in [5.74, 6) is -0.326. The maximum absolute atomic E-state index is 5.97. The molecule has 94 valence electrons. The number of rotatable bonds is 2. The number of nitrogens with zero attached hydrogens (tertiary/aromatic N) is 1. The highest BCUT2D eigenvalue weighted by Crippen LogP contribution is 2.34. The fourth-order valence-corrected chi connectivity index (χ4v) is 2.61. The van der Waals surface area contributed by atoms with E-state index in [0.717, 1.165) is 32.4 Å². The molecule has 0 aromatic heterocycles. The van der Waals surface area contributed by atoms with Gasteiger partial charge in [0.25, 0.3) is 0 Å². The number of ether oxygens (including phenoxy) is 2. The minimum absolute atomic E-state index is 0.102. The Balaban J connectivity index is 1.93. The minimum Gasteiger partial charge on any atom is -0.347 e. The zero-order valence-electron chi connectivity index (χ0n) is 10.4. The molecule has 0 aromatic rings. The number of nitrogens with two attached hydrogens (primary N) is 1. The van der Waals surface area contributed by atoms with Gasteiger partial charge in [-0.05, 0) is 26.8 Å². The van der Waals surface area contributed by atoms with E-state index in [2.05, 4.69) is 18.7 Å². The van der Waals surface area contributed by atoms with E-state index < -0.39 is 0 Å². The molecule has 1 spiro atoms. The van der Waals surface area contributed by atoms with Gasteiger partial charge >= 0.3 is 0 Å². The molecule has 2 saturated heterocycles. The van der Waals surface area contributed by atoms with Crippen molar-refractivity contribution in [3.63, 3.8) is 0 Å². The monoisotopic (exact) mass is 228 g/mol. The van der Waals surface area contributed by atoms with E-state index >= 15 is 0 Å². The van der Waals surface area contributed by atoms with Gasteiger partial charge in [0, 0.05) is 32.0 Å². The van der Waals surface area contributed by atoms with Crippen molar-refractivity contribution in [2.45, 2.75) is 51.0 Å². The second kappa shape index (κ2) is 5.00. The van der Waals surface area contributed by atoms with Gasteiger partial charge in [0.05, 0.1) is 12.7 Å². The summed E-state index contributed by atoms with van der Waals surface area (Å²) in [4.78, 5) is 2.50. The highest BCUT2D eigenvalue weighted by Gasteiger charge is 2.42. The summed E-state index contributed by atoms with van der Waals surface area (Å²) in [5, 5.41) is 0. The van der Waals surface area contributed by atoms with Gasteiger partial charge < -0.3 is 20.1 Å². The highest BCUT2D eigenvalue weighted by atomic mass is 16.7. The lowest BCUT2D eigenvalue weighted by Crippen LogP contribution is -2.36. The molecule has 2 fully saturated rings. The Bertz CT molecular complexity index is 235. The third-order valence-electron chi connectivity index (χ3n) is 3.69. The zero-order valence-corrected chi connectivity index (χ0v) is 10.4. The Labute approximate surface area is 98.1 Å². The molecule has 0 saturated carbocycles. The minimum atomic E-state index is -0.326. The molecule has 4 heteroatoms. The maximum atomic E-state index is 5.97. The first kappa shape index (κ1) is 12.3. The lowest BCUT2D eigenvalue weighted by atomic mass is 10.1. The Morgan fingerprint density at radius 2 is 2.19 bits per heavy atom. The quantitative estimate of drug-likeness (QED) is 0.764. The van der Waals surface area contributed by atoms with E-state index in [1.54, 1.807) is 0 Å². The van der Waals surface area contributed by atoms with Crippen LogP contribution in [0.1, 0.15) is 33.1 Å². The van der Waals surface area contributed by atoms with Crippen LogP contribution in [0.5, 0.6) is 0 Å². The Kier molecular flexibility index (Phi) is 3.85. The normalized spacial score (nSPS) is 37.1. The van der Waals surface area contributed by atoms with E-state index in [-0.39, 0.29) is 11.9 Å². The first-order valence-electron chi connectivity index (χ1n) is 6.41. The van der Waals surface area contributed by atoms with Crippen molar-refractivity contribution in [3.8, 4) is 0 Å². The van der Waals surface area contributed by atoms with E-state index in [0.29, 0.717) is 19.2 Å². The van der Waals surface area contributed by atoms with Crippen molar-refractivity contribution < 1.29 is 9.47 Å². The average molecular weight is 228 g/mol. The van der Waals surface area contributed by atoms with Gasteiger partial charge in [-0.25, -0.2) is 0 Å². The second-order valence-corrected chi connectivity index (χ2v) is 5.18. The van der Waals surface area contributed by atoms with Crippen LogP contribution in [-0.4, -0.2) is 49.1 Å². The van der Waals surface area contributed by atoms with E-state index in [4.69, 9.17) is 15.2 Å². The van der Waals surface area contributed by atoms with Crippen LogP contribution >= 0.6 is 0 Å². The molecule has 0 aliphatic carbocycles. The molecular formula is C12H24N2O2. The molecule has 2 heterocycles. The van der Waals surface area contributed by atoms with Crippen LogP contribution in [0.15, 0.2) is 0 Å². The Morgan fingerprint density at radius 1 is 1.38 bits per heavy atom. The van der Waals surface area contributed by atoms with Gasteiger partial charge in [-0.15, -0.1) is 0 Å². The predicted octanol–water partition coefficient (Wildman–Crippen LogP) is 0.951. The second-order valence-electron chi connectivity index (χ2n) is 5.18. The van der Waals surface area contributed by atoms with Crippen molar-refractivity contribution >= 4 is 0 Å². The zero-order chi connectivity index (χ0) is 11.6. The SMILES string of the molecule is CC(C)N1CCCC2(CC1)OCC(CN)O2. The first-order chi connectivity index (χ1) is 7.65. The van der Waals surface area contributed by atoms with E-state index in [1.807, 2.05) is 0 Å². The molecule has 0 radical (unpaired) electrons. The standard InChI is InChI=1S/C12H24N2O2/c1-10(2)14-6-3-4-12(5-7-14)15-9-11(8-13)16-12/h10-11H,3-9,13H2,1-2H3. The Hall–Kier alpha value is -0.160. The molecule has 16 heavy (non-hydrogen) atoms. The van der Waals surface area contributed by atoms with Crippen LogP contribution in [-0.2, 0) is 9.47 Å². The highest BCUT2D eigenvalue weighted by molar-refractivity contribution is 4.84. The fourth-order valence-electron chi connectivity index (χ4n) is 2.61. The lowest BCUT2D eigenvalue weighted by molar-refractivity contribution is -0.174. The summed E-state index contributed by atoms with van der Waals surface area (Å²) in [6, 6.07) is 0.613. The van der Waals surface area contributed by atoms with Crippen molar-refractivity contribution in [2.24, 2.45) is 5.73 Å². The molecule has 0 amide bonds. The molecule has 0 aromatic carbocycles. The molecule has 2 atom stereocenters. The van der Waals surface area contributed by atoms with Gasteiger partial charge in [0.15, 0.2) is 5.79 Å². The van der Waals surface area contributed by atoms with Crippen LogP contribution in [0.25, 0.3) is 0 Å². The number of hydrogen-bond donors (Lipinski definition) is 1. The van der Waals surface area contributed by atoms with Crippen molar-refractivity contribution in [1.82, 2.24) is 4.90 Å². The number of likely N-dealkylation sites (tertiary alicyclic amines) is 1. The Morgan fingerprint density at radius 3 is 2.81 bits per heavy atom. The van der Waals surface area contributed by atoms with Crippen molar-refractivity contribution in [3.05, 3.63) is 0 Å². The number of hydrogen-bond acceptors (Lipinski definition) is 4. The largest absolute Gasteiger partial charge is 0.347 e. The lowest BCUT2D eigenvalue weighted by Gasteiger charge is -2.28. The maximum Gasteiger partial charge on any atom is 0.170 e. The van der Waals surface area contributed by atoms with Crippen molar-refractivity contribution in [1.29, 1.82) is 0 Å². The summed E-state index contributed by atoms with van der Waals surface area (Å²) >= 11 is 0. The summed E-state index contributed by atoms with van der Waals surface area (Å²) in [6.45, 7) is 7.94. The topological polar surface area (TPSA) is 47.7 Å². The molecule has 2 rings (SSSR count). The molecule has 2 aliphatic rings. The van der Waals surface area contributed by atoms with Gasteiger partial charge in [0.1, 0.15) is 0 Å². The summed E-state index contributed by atoms with van der Waals surface area (Å²) in [5.41, 5.74) is 5.62. The summed E-state index contributed by atoms with van der Waals surface area (Å²) in [7, 11) is 0. The molecule has 0 bridgehead atoms. The summed E-state index contributed by atoms with van der Waals surface area (Å²) < 4.78 is 11.8. The predicted molar refractivity (Wildman–Crippen MR) is 63.2 cm³/mol. The van der Waals surface area contributed by atoms with Gasteiger partial charge in [-0.1, -0.05) is 0 Å². The van der Waals surface area contributed by atoms with E-state index in [1.165, 1.54) is 0 Å². The van der Waals surface area contributed by atoms with Crippen LogP contribution in [0, 0.1) is 0 Å². The molecule has 2 unspecified atom stereocenters. The first-order valence-corrected chi connectivity index (χ1v) is 6.41. The van der Waals surface area contributed by atoms with Crippen LogP contribution < -0.4 is 5.73 Å². The van der Waals surface area contributed by atoms with Gasteiger partial charge in [-0.2, -0.15) is 0 Å². The van der Waals surface area contributed by atoms with Crippen LogP contribution in [0.3, 0.4) is 0 Å². The summed E-state index contributed by atoms with van der Waals surface area (Å²) in [6.07, 6.45) is 3.23. The molecule has 2 N–H and O–H groups in total. The van der Waals surface area contributed by atoms with Crippen LogP contribution in [0.2, 0.25) is 0 Å². The third kappa shape index (κ3) is 2.56. The van der Waals surface area contributed by atoms with Crippen molar-refractivity contribution in [2.75, 3.05) is 26.2 Å². The molecular weight excluding hydrogens is 204 g/mol. The fraction of sp³-hybridized carbons (Fsp3) is 1.00. The smallest absolute Gasteiger partial charge is 0.170 e. The van der Waals surface area contributed by atoms with Gasteiger partial charge in [0.2, 0.25) is 0 Å². The molecule has 4 nitrogen and oxygen atoms in total. The third-order valence-corrected chi connectivity index (χ3v) is 3.69.